The number of allylic oxidation sites excluding steroid dienone is 8. The van der Waals surface area contributed by atoms with E-state index in [0.29, 0.717) is 13.2 Å². The van der Waals surface area contributed by atoms with Crippen LogP contribution in [0.5, 0.6) is 11.5 Å². The van der Waals surface area contributed by atoms with Gasteiger partial charge in [0.05, 0.1) is 0 Å². The molecule has 0 bridgehead atoms. The number of fused-ring (bicyclic) bond motifs is 1. The number of rotatable bonds is 12. The molecular weight excluding hydrogens is 609 g/mol. The molecule has 0 amide bonds. The fraction of sp³-hybridized carbons (Fsp3) is 0.125. The van der Waals surface area contributed by atoms with Gasteiger partial charge in [-0.15, -0.1) is 0 Å². The lowest BCUT2D eigenvalue weighted by molar-refractivity contribution is 0.306. The Balaban J connectivity index is 0.897. The number of ether oxygens (including phenoxy) is 2. The lowest BCUT2D eigenvalue weighted by Crippen LogP contribution is -1.96. The largest absolute Gasteiger partial charge is 0.489 e. The minimum Gasteiger partial charge on any atom is -0.489 e. The first-order valence-corrected chi connectivity index (χ1v) is 17.5. The molecule has 0 saturated heterocycles. The quantitative estimate of drug-likeness (QED) is 0.131. The Bertz CT molecular complexity index is 2060. The molecule has 244 valence electrons. The maximum Gasteiger partial charge on any atom is 0.119 e. The molecule has 0 atom stereocenters. The highest BCUT2D eigenvalue weighted by Crippen LogP contribution is 2.40. The smallest absolute Gasteiger partial charge is 0.119 e. The molecule has 2 nitrogen and oxygen atoms in total. The standard InChI is InChI=1S/C48H40O2/c1-3-9-37(10-4-1)33-49-44-25-19-35(20-26-44)29-39-17-23-42(31-39)46-15-7-13-41-14-8-16-47(48(41)46)43-24-18-40(32-43)30-36-21-27-45(28-22-36)50-34-38-11-5-2-6-12-38/h1-28H,29-34H2. The van der Waals surface area contributed by atoms with Crippen molar-refractivity contribution in [1.82, 2.24) is 0 Å². The summed E-state index contributed by atoms with van der Waals surface area (Å²) in [5.74, 6) is 1.81. The van der Waals surface area contributed by atoms with Crippen LogP contribution in [-0.4, -0.2) is 0 Å². The van der Waals surface area contributed by atoms with Crippen molar-refractivity contribution in [2.45, 2.75) is 38.9 Å². The van der Waals surface area contributed by atoms with Crippen LogP contribution < -0.4 is 9.47 Å². The van der Waals surface area contributed by atoms with Gasteiger partial charge in [0.15, 0.2) is 0 Å². The molecule has 0 fully saturated rings. The van der Waals surface area contributed by atoms with Crippen LogP contribution in [0.4, 0.5) is 0 Å². The lowest BCUT2D eigenvalue weighted by atomic mass is 9.89. The van der Waals surface area contributed by atoms with Crippen LogP contribution in [0.2, 0.25) is 0 Å². The Morgan fingerprint density at radius 1 is 0.380 bits per heavy atom. The Labute approximate surface area is 295 Å². The van der Waals surface area contributed by atoms with Crippen molar-refractivity contribution in [2.75, 3.05) is 0 Å². The molecule has 6 aromatic rings. The van der Waals surface area contributed by atoms with E-state index in [0.717, 1.165) is 37.2 Å². The Hall–Kier alpha value is -5.86. The van der Waals surface area contributed by atoms with E-state index in [1.165, 1.54) is 66.4 Å². The van der Waals surface area contributed by atoms with Crippen molar-refractivity contribution >= 4 is 21.9 Å². The molecule has 50 heavy (non-hydrogen) atoms. The van der Waals surface area contributed by atoms with Gasteiger partial charge in [-0.05, 0) is 105 Å². The monoisotopic (exact) mass is 648 g/mol. The van der Waals surface area contributed by atoms with Crippen molar-refractivity contribution in [3.63, 3.8) is 0 Å². The van der Waals surface area contributed by atoms with E-state index in [9.17, 15) is 0 Å². The van der Waals surface area contributed by atoms with Crippen LogP contribution in [0, 0.1) is 0 Å². The minimum atomic E-state index is 0.583. The summed E-state index contributed by atoms with van der Waals surface area (Å²) in [6.45, 7) is 1.17. The molecule has 0 aliphatic heterocycles. The van der Waals surface area contributed by atoms with E-state index in [4.69, 9.17) is 9.47 Å². The summed E-state index contributed by atoms with van der Waals surface area (Å²) < 4.78 is 12.0. The molecular formula is C48H40O2. The molecule has 0 saturated carbocycles. The van der Waals surface area contributed by atoms with E-state index in [1.54, 1.807) is 0 Å². The molecule has 0 aromatic heterocycles. The van der Waals surface area contributed by atoms with E-state index in [2.05, 4.69) is 133 Å². The van der Waals surface area contributed by atoms with Crippen LogP contribution in [-0.2, 0) is 26.1 Å². The molecule has 0 N–H and O–H groups in total. The summed E-state index contributed by atoms with van der Waals surface area (Å²) in [5.41, 5.74) is 13.3. The van der Waals surface area contributed by atoms with Gasteiger partial charge in [-0.25, -0.2) is 0 Å². The Kier molecular flexibility index (Phi) is 9.25. The number of hydrogen-bond acceptors (Lipinski definition) is 2. The van der Waals surface area contributed by atoms with Crippen molar-refractivity contribution in [1.29, 1.82) is 0 Å². The van der Waals surface area contributed by atoms with E-state index >= 15 is 0 Å². The van der Waals surface area contributed by atoms with Gasteiger partial charge in [0.25, 0.3) is 0 Å². The second-order valence-corrected chi connectivity index (χ2v) is 13.3. The molecule has 2 aliphatic carbocycles. The average Bonchev–Trinajstić information content (AvgIpc) is 3.84. The second-order valence-electron chi connectivity index (χ2n) is 13.3. The number of hydrogen-bond donors (Lipinski definition) is 0. The van der Waals surface area contributed by atoms with Gasteiger partial charge in [-0.3, -0.25) is 0 Å². The summed E-state index contributed by atoms with van der Waals surface area (Å²) in [6, 6.07) is 51.3. The summed E-state index contributed by atoms with van der Waals surface area (Å²) in [4.78, 5) is 0. The van der Waals surface area contributed by atoms with Crippen LogP contribution in [0.1, 0.15) is 46.2 Å². The third-order valence-electron chi connectivity index (χ3n) is 9.68. The summed E-state index contributed by atoms with van der Waals surface area (Å²) in [7, 11) is 0. The molecule has 0 unspecified atom stereocenters. The van der Waals surface area contributed by atoms with E-state index in [-0.39, 0.29) is 0 Å². The molecule has 2 aliphatic rings. The van der Waals surface area contributed by atoms with Crippen LogP contribution in [0.3, 0.4) is 0 Å². The third-order valence-corrected chi connectivity index (χ3v) is 9.68. The highest BCUT2D eigenvalue weighted by Gasteiger charge is 2.19. The second kappa shape index (κ2) is 14.7. The molecule has 0 heterocycles. The minimum absolute atomic E-state index is 0.583. The maximum absolute atomic E-state index is 6.01. The summed E-state index contributed by atoms with van der Waals surface area (Å²) in [6.07, 6.45) is 13.1. The van der Waals surface area contributed by atoms with Gasteiger partial charge < -0.3 is 9.47 Å². The highest BCUT2D eigenvalue weighted by molar-refractivity contribution is 6.03. The fourth-order valence-corrected chi connectivity index (χ4v) is 7.06. The van der Waals surface area contributed by atoms with E-state index < -0.39 is 0 Å². The van der Waals surface area contributed by atoms with Gasteiger partial charge in [-0.1, -0.05) is 157 Å². The van der Waals surface area contributed by atoms with Crippen LogP contribution >= 0.6 is 0 Å². The Morgan fingerprint density at radius 2 is 0.820 bits per heavy atom. The lowest BCUT2D eigenvalue weighted by Gasteiger charge is -2.15. The third kappa shape index (κ3) is 7.41. The predicted molar refractivity (Wildman–Crippen MR) is 207 cm³/mol. The SMILES string of the molecule is C1=C(Cc2ccc(OCc3ccccc3)cc2)CC(c2cccc3cccc(C4=CC=C(Cc5ccc(OCc6ccccc6)cc5)C4)c23)=C1. The Morgan fingerprint density at radius 3 is 1.26 bits per heavy atom. The zero-order valence-electron chi connectivity index (χ0n) is 28.2. The summed E-state index contributed by atoms with van der Waals surface area (Å²) >= 11 is 0. The zero-order valence-corrected chi connectivity index (χ0v) is 28.2. The molecule has 2 heteroatoms. The van der Waals surface area contributed by atoms with Gasteiger partial charge in [0.2, 0.25) is 0 Å². The van der Waals surface area contributed by atoms with Gasteiger partial charge >= 0.3 is 0 Å². The van der Waals surface area contributed by atoms with Crippen molar-refractivity contribution in [3.8, 4) is 11.5 Å². The van der Waals surface area contributed by atoms with Gasteiger partial charge in [-0.2, -0.15) is 0 Å². The first kappa shape index (κ1) is 31.4. The normalized spacial score (nSPS) is 13.8. The van der Waals surface area contributed by atoms with Gasteiger partial charge in [0, 0.05) is 0 Å². The van der Waals surface area contributed by atoms with E-state index in [1.807, 2.05) is 36.4 Å². The molecule has 0 spiro atoms. The van der Waals surface area contributed by atoms with Crippen LogP contribution in [0.25, 0.3) is 21.9 Å². The number of benzene rings is 6. The van der Waals surface area contributed by atoms with Crippen molar-refractivity contribution in [2.24, 2.45) is 0 Å². The predicted octanol–water partition coefficient (Wildman–Crippen LogP) is 11.9. The average molecular weight is 649 g/mol. The molecule has 8 rings (SSSR count). The van der Waals surface area contributed by atoms with Crippen molar-refractivity contribution < 1.29 is 9.47 Å². The topological polar surface area (TPSA) is 18.5 Å². The van der Waals surface area contributed by atoms with Crippen LogP contribution in [0.15, 0.2) is 181 Å². The molecule has 0 radical (unpaired) electrons. The molecule has 6 aromatic carbocycles. The zero-order chi connectivity index (χ0) is 33.5. The first-order valence-electron chi connectivity index (χ1n) is 17.5. The maximum atomic E-state index is 6.01. The van der Waals surface area contributed by atoms with Crippen molar-refractivity contribution in [3.05, 3.63) is 214 Å². The first-order chi connectivity index (χ1) is 24.7. The summed E-state index contributed by atoms with van der Waals surface area (Å²) in [5, 5.41) is 2.65. The van der Waals surface area contributed by atoms with Gasteiger partial charge in [0.1, 0.15) is 24.7 Å². The highest BCUT2D eigenvalue weighted by atomic mass is 16.5. The fourth-order valence-electron chi connectivity index (χ4n) is 7.06.